The Morgan fingerprint density at radius 2 is 1.80 bits per heavy atom. The van der Waals surface area contributed by atoms with Gasteiger partial charge in [-0.15, -0.1) is 0 Å². The van der Waals surface area contributed by atoms with Crippen LogP contribution in [-0.4, -0.2) is 100 Å². The maximum Gasteiger partial charge on any atom is 0.331 e. The Morgan fingerprint density at radius 1 is 1.05 bits per heavy atom. The third-order valence-corrected chi connectivity index (χ3v) is 12.6. The average Bonchev–Trinajstić information content (AvgIpc) is 3.46. The molecule has 41 heavy (non-hydrogen) atoms. The first-order chi connectivity index (χ1) is 19.3. The number of fused-ring (bicyclic) bond motifs is 7. The zero-order valence-electron chi connectivity index (χ0n) is 24.0. The summed E-state index contributed by atoms with van der Waals surface area (Å²) in [6.07, 6.45) is -1.52. The fraction of sp³-hybridized carbons (Fsp3) is 0.867. The van der Waals surface area contributed by atoms with Gasteiger partial charge in [-0.25, -0.2) is 4.79 Å². The predicted molar refractivity (Wildman–Crippen MR) is 139 cm³/mol. The Hall–Kier alpha value is -1.44. The highest BCUT2D eigenvalue weighted by Gasteiger charge is 2.75. The van der Waals surface area contributed by atoms with Crippen LogP contribution in [0.4, 0.5) is 0 Å². The Kier molecular flexibility index (Phi) is 6.25. The summed E-state index contributed by atoms with van der Waals surface area (Å²) in [6.45, 7) is 5.62. The van der Waals surface area contributed by atoms with Gasteiger partial charge in [0.2, 0.25) is 12.1 Å². The number of cyclic esters (lactones) is 1. The molecule has 4 aliphatic carbocycles. The first-order valence-corrected chi connectivity index (χ1v) is 15.0. The molecule has 2 saturated heterocycles. The van der Waals surface area contributed by atoms with Crippen LogP contribution in [0.15, 0.2) is 11.6 Å². The van der Waals surface area contributed by atoms with E-state index in [-0.39, 0.29) is 36.2 Å². The molecule has 3 heterocycles. The van der Waals surface area contributed by atoms with Crippen molar-refractivity contribution >= 4 is 11.8 Å². The zero-order valence-corrected chi connectivity index (χ0v) is 24.0. The number of aliphatic hydroxyl groups is 4. The second-order valence-corrected chi connectivity index (χ2v) is 14.1. The number of hydrogen-bond donors (Lipinski definition) is 4. The third-order valence-electron chi connectivity index (χ3n) is 12.6. The van der Waals surface area contributed by atoms with E-state index in [0.29, 0.717) is 37.7 Å². The molecule has 0 aromatic carbocycles. The summed E-state index contributed by atoms with van der Waals surface area (Å²) in [6, 6.07) is 0. The second-order valence-electron chi connectivity index (χ2n) is 14.1. The zero-order chi connectivity index (χ0) is 29.3. The molecule has 11 nitrogen and oxygen atoms in total. The van der Waals surface area contributed by atoms with Crippen molar-refractivity contribution in [1.82, 2.24) is 0 Å². The van der Waals surface area contributed by atoms with E-state index in [4.69, 9.17) is 23.7 Å². The molecule has 0 spiro atoms. The normalized spacial score (nSPS) is 58.0. The first-order valence-electron chi connectivity index (χ1n) is 15.0. The van der Waals surface area contributed by atoms with Gasteiger partial charge in [0.05, 0.1) is 29.3 Å². The quantitative estimate of drug-likeness (QED) is 0.268. The van der Waals surface area contributed by atoms with E-state index in [1.807, 2.05) is 0 Å². The van der Waals surface area contributed by atoms with Crippen LogP contribution in [0.3, 0.4) is 0 Å². The molecular formula is C30H42O11. The van der Waals surface area contributed by atoms with Crippen LogP contribution in [-0.2, 0) is 33.3 Å². The van der Waals surface area contributed by atoms with E-state index < -0.39 is 70.9 Å². The van der Waals surface area contributed by atoms with Crippen molar-refractivity contribution in [3.8, 4) is 0 Å². The molecule has 6 fully saturated rings. The number of ether oxygens (including phenoxy) is 5. The molecule has 0 aromatic rings. The van der Waals surface area contributed by atoms with Crippen LogP contribution in [0.1, 0.15) is 59.3 Å². The molecule has 15 atom stereocenters. The summed E-state index contributed by atoms with van der Waals surface area (Å²) in [7, 11) is 1.39. The molecule has 0 aromatic heterocycles. The number of aliphatic hydroxyl groups excluding tert-OH is 2. The minimum atomic E-state index is -2.04. The Bertz CT molecular complexity index is 1170. The van der Waals surface area contributed by atoms with E-state index in [0.717, 1.165) is 6.42 Å². The van der Waals surface area contributed by atoms with Crippen molar-refractivity contribution < 1.29 is 53.7 Å². The van der Waals surface area contributed by atoms with E-state index >= 15 is 0 Å². The van der Waals surface area contributed by atoms with Gasteiger partial charge in [-0.05, 0) is 81.1 Å². The maximum atomic E-state index is 14.2. The highest BCUT2D eigenvalue weighted by Crippen LogP contribution is 2.69. The summed E-state index contributed by atoms with van der Waals surface area (Å²) >= 11 is 0. The van der Waals surface area contributed by atoms with E-state index in [1.165, 1.54) is 13.2 Å². The first kappa shape index (κ1) is 28.3. The summed E-state index contributed by atoms with van der Waals surface area (Å²) in [5.41, 5.74) is -2.47. The molecule has 11 heteroatoms. The van der Waals surface area contributed by atoms with Crippen molar-refractivity contribution in [2.24, 2.45) is 34.5 Å². The lowest BCUT2D eigenvalue weighted by Gasteiger charge is -2.66. The van der Waals surface area contributed by atoms with Gasteiger partial charge < -0.3 is 44.1 Å². The number of hydrogen-bond acceptors (Lipinski definition) is 11. The summed E-state index contributed by atoms with van der Waals surface area (Å²) in [5.74, 6) is -4.02. The molecule has 7 aliphatic rings. The fourth-order valence-corrected chi connectivity index (χ4v) is 10.4. The summed E-state index contributed by atoms with van der Waals surface area (Å²) < 4.78 is 29.1. The molecule has 3 aliphatic heterocycles. The molecule has 228 valence electrons. The average molecular weight is 579 g/mol. The summed E-state index contributed by atoms with van der Waals surface area (Å²) in [4.78, 5) is 26.1. The standard InChI is InChI=1S/C30H42O11/c1-13-22(32)25(37-4)30(36)26(39-13)40-18-10-15-5-6-17-21(27(15,2)11-19(18)41-30)23(33)24(34)28(3)16(7-8-29(17,28)35)14-9-20(31)38-12-14/h9,13,15-19,21-23,25-26,32-33,35-36H,5-8,10-12H2,1-4H3/t13-,15-,16-,17-,18-,19-,21-,22+,23+,25-,26+,27+,28+,29+,30+/m1/s1. The number of methoxy groups -OCH3 is 1. The Labute approximate surface area is 239 Å². The predicted octanol–water partition coefficient (Wildman–Crippen LogP) is 0.596. The van der Waals surface area contributed by atoms with Crippen LogP contribution in [0.5, 0.6) is 0 Å². The van der Waals surface area contributed by atoms with Gasteiger partial charge in [-0.1, -0.05) is 6.92 Å². The van der Waals surface area contributed by atoms with E-state index in [1.54, 1.807) is 13.8 Å². The van der Waals surface area contributed by atoms with Crippen LogP contribution >= 0.6 is 0 Å². The van der Waals surface area contributed by atoms with E-state index in [2.05, 4.69) is 6.92 Å². The van der Waals surface area contributed by atoms with Gasteiger partial charge in [0.25, 0.3) is 0 Å². The van der Waals surface area contributed by atoms with Crippen LogP contribution in [0.25, 0.3) is 0 Å². The Balaban J connectivity index is 1.21. The smallest absolute Gasteiger partial charge is 0.331 e. The van der Waals surface area contributed by atoms with Gasteiger partial charge in [-0.2, -0.15) is 0 Å². The molecule has 7 rings (SSSR count). The van der Waals surface area contributed by atoms with Gasteiger partial charge in [-0.3, -0.25) is 4.79 Å². The SMILES string of the molecule is CO[C@@H]1[C@@H](O)[C@@H](C)O[C@H]2O[C@@H]3C[C@H]4CC[C@@H]5[C@H]([C@H](O)C(=O)[C@]6(C)[C@@H](C7=CC(=O)OC7)CC[C@]56O)[C@@]4(C)C[C@H]3O[C@]21O. The highest BCUT2D eigenvalue weighted by molar-refractivity contribution is 5.93. The number of ketones is 1. The monoisotopic (exact) mass is 578 g/mol. The van der Waals surface area contributed by atoms with Gasteiger partial charge in [0.15, 0.2) is 5.78 Å². The molecule has 0 unspecified atom stereocenters. The highest BCUT2D eigenvalue weighted by atomic mass is 16.8. The molecule has 0 radical (unpaired) electrons. The van der Waals surface area contributed by atoms with E-state index in [9.17, 15) is 30.0 Å². The minimum absolute atomic E-state index is 0.0841. The third kappa shape index (κ3) is 3.49. The van der Waals surface area contributed by atoms with Crippen molar-refractivity contribution in [3.63, 3.8) is 0 Å². The number of rotatable bonds is 2. The van der Waals surface area contributed by atoms with Gasteiger partial charge >= 0.3 is 5.97 Å². The molecular weight excluding hydrogens is 536 g/mol. The van der Waals surface area contributed by atoms with Crippen molar-refractivity contribution in [1.29, 1.82) is 0 Å². The minimum Gasteiger partial charge on any atom is -0.458 e. The van der Waals surface area contributed by atoms with Gasteiger partial charge in [0.1, 0.15) is 24.9 Å². The van der Waals surface area contributed by atoms with Crippen molar-refractivity contribution in [2.75, 3.05) is 13.7 Å². The lowest BCUT2D eigenvalue weighted by Crippen LogP contribution is -2.75. The number of carbonyl (C=O) groups excluding carboxylic acids is 2. The largest absolute Gasteiger partial charge is 0.458 e. The maximum absolute atomic E-state index is 14.2. The van der Waals surface area contributed by atoms with Gasteiger partial charge in [0, 0.05) is 19.1 Å². The number of carbonyl (C=O) groups is 2. The second kappa shape index (κ2) is 9.04. The number of Topliss-reactive ketones (excluding diaryl/α,β-unsaturated/α-hetero) is 1. The lowest BCUT2D eigenvalue weighted by molar-refractivity contribution is -0.471. The lowest BCUT2D eigenvalue weighted by atomic mass is 9.42. The van der Waals surface area contributed by atoms with Crippen molar-refractivity contribution in [2.45, 2.75) is 114 Å². The molecule has 4 saturated carbocycles. The van der Waals surface area contributed by atoms with Crippen LogP contribution in [0.2, 0.25) is 0 Å². The fourth-order valence-electron chi connectivity index (χ4n) is 10.4. The van der Waals surface area contributed by atoms with Crippen LogP contribution in [0, 0.1) is 34.5 Å². The van der Waals surface area contributed by atoms with Crippen molar-refractivity contribution in [3.05, 3.63) is 11.6 Å². The van der Waals surface area contributed by atoms with Crippen LogP contribution < -0.4 is 0 Å². The Morgan fingerprint density at radius 3 is 2.49 bits per heavy atom. The molecule has 0 amide bonds. The molecule has 0 bridgehead atoms. The molecule has 4 N–H and O–H groups in total. The number of esters is 1. The topological polar surface area (TPSA) is 161 Å². The summed E-state index contributed by atoms with van der Waals surface area (Å²) in [5, 5.41) is 46.6.